The van der Waals surface area contributed by atoms with Crippen molar-refractivity contribution in [3.63, 3.8) is 0 Å². The molecule has 1 aliphatic rings. The zero-order valence-corrected chi connectivity index (χ0v) is 13.5. The first kappa shape index (κ1) is 15.7. The molecule has 0 radical (unpaired) electrons. The van der Waals surface area contributed by atoms with Crippen LogP contribution < -0.4 is 0 Å². The van der Waals surface area contributed by atoms with Gasteiger partial charge >= 0.3 is 0 Å². The van der Waals surface area contributed by atoms with Crippen LogP contribution in [0.4, 0.5) is 4.39 Å². The largest absolute Gasteiger partial charge is 0.333 e. The van der Waals surface area contributed by atoms with Crippen molar-refractivity contribution in [1.82, 2.24) is 9.88 Å². The second-order valence-electron chi connectivity index (χ2n) is 6.21. The van der Waals surface area contributed by atoms with Gasteiger partial charge in [0.25, 0.3) is 0 Å². The summed E-state index contributed by atoms with van der Waals surface area (Å²) in [4.78, 5) is 18.9. The fraction of sp³-hybridized carbons (Fsp3) is 0.368. The van der Waals surface area contributed by atoms with Gasteiger partial charge in [0.05, 0.1) is 12.5 Å². The lowest BCUT2D eigenvalue weighted by atomic mass is 10.0. The number of aryl methyl sites for hydroxylation is 1. The maximum absolute atomic E-state index is 14.1. The quantitative estimate of drug-likeness (QED) is 0.841. The molecule has 1 heterocycles. The molecule has 23 heavy (non-hydrogen) atoms. The molecule has 0 spiro atoms. The van der Waals surface area contributed by atoms with E-state index in [0.717, 1.165) is 24.1 Å². The maximum atomic E-state index is 14.1. The molecule has 0 aliphatic heterocycles. The summed E-state index contributed by atoms with van der Waals surface area (Å²) in [6, 6.07) is 10.5. The third kappa shape index (κ3) is 3.58. The second kappa shape index (κ2) is 6.49. The molecule has 3 rings (SSSR count). The van der Waals surface area contributed by atoms with Gasteiger partial charge in [0, 0.05) is 23.5 Å². The summed E-state index contributed by atoms with van der Waals surface area (Å²) in [5.41, 5.74) is 2.40. The van der Waals surface area contributed by atoms with Crippen LogP contribution in [0, 0.1) is 12.7 Å². The van der Waals surface area contributed by atoms with E-state index in [-0.39, 0.29) is 23.8 Å². The van der Waals surface area contributed by atoms with Crippen molar-refractivity contribution in [3.8, 4) is 0 Å². The molecule has 1 atom stereocenters. The van der Waals surface area contributed by atoms with E-state index < -0.39 is 0 Å². The Hall–Kier alpha value is -2.23. The van der Waals surface area contributed by atoms with E-state index in [1.807, 2.05) is 36.9 Å². The number of halogens is 1. The van der Waals surface area contributed by atoms with Gasteiger partial charge in [-0.05, 0) is 44.4 Å². The van der Waals surface area contributed by atoms with Crippen molar-refractivity contribution in [1.29, 1.82) is 0 Å². The molecule has 1 fully saturated rings. The number of aromatic nitrogens is 1. The van der Waals surface area contributed by atoms with Gasteiger partial charge < -0.3 is 4.90 Å². The number of pyridine rings is 1. The molecule has 1 aromatic carbocycles. The van der Waals surface area contributed by atoms with Gasteiger partial charge in [0.1, 0.15) is 5.82 Å². The topological polar surface area (TPSA) is 33.2 Å². The summed E-state index contributed by atoms with van der Waals surface area (Å²) >= 11 is 0. The van der Waals surface area contributed by atoms with Crippen LogP contribution in [0.2, 0.25) is 0 Å². The van der Waals surface area contributed by atoms with Crippen LogP contribution in [0.3, 0.4) is 0 Å². The Bertz CT molecular complexity index is 695. The smallest absolute Gasteiger partial charge is 0.227 e. The monoisotopic (exact) mass is 312 g/mol. The maximum Gasteiger partial charge on any atom is 0.227 e. The van der Waals surface area contributed by atoms with Crippen molar-refractivity contribution < 1.29 is 9.18 Å². The average Bonchev–Trinajstić information content (AvgIpc) is 3.35. The van der Waals surface area contributed by atoms with Crippen LogP contribution in [0.25, 0.3) is 0 Å². The van der Waals surface area contributed by atoms with Crippen molar-refractivity contribution in [2.45, 2.75) is 45.2 Å². The zero-order chi connectivity index (χ0) is 16.4. The molecule has 2 aromatic rings. The van der Waals surface area contributed by atoms with E-state index in [2.05, 4.69) is 4.98 Å². The average molecular weight is 312 g/mol. The Morgan fingerprint density at radius 3 is 2.65 bits per heavy atom. The number of rotatable bonds is 5. The van der Waals surface area contributed by atoms with E-state index in [1.54, 1.807) is 18.3 Å². The molecular weight excluding hydrogens is 291 g/mol. The van der Waals surface area contributed by atoms with Gasteiger partial charge in [0.15, 0.2) is 0 Å². The minimum atomic E-state index is -0.255. The third-order valence-electron chi connectivity index (χ3n) is 4.33. The number of carbonyl (C=O) groups excluding carboxylic acids is 1. The van der Waals surface area contributed by atoms with E-state index in [9.17, 15) is 9.18 Å². The second-order valence-corrected chi connectivity index (χ2v) is 6.21. The molecule has 3 nitrogen and oxygen atoms in total. The summed E-state index contributed by atoms with van der Waals surface area (Å²) in [6.07, 6.45) is 4.04. The van der Waals surface area contributed by atoms with E-state index in [4.69, 9.17) is 0 Å². The molecule has 0 N–H and O–H groups in total. The lowest BCUT2D eigenvalue weighted by Crippen LogP contribution is -2.37. The van der Waals surface area contributed by atoms with Crippen LogP contribution in [-0.2, 0) is 11.2 Å². The number of hydrogen-bond donors (Lipinski definition) is 0. The van der Waals surface area contributed by atoms with Crippen molar-refractivity contribution in [3.05, 3.63) is 65.2 Å². The number of benzene rings is 1. The molecule has 120 valence electrons. The molecule has 1 aliphatic carbocycles. The minimum Gasteiger partial charge on any atom is -0.333 e. The zero-order valence-electron chi connectivity index (χ0n) is 13.5. The number of carbonyl (C=O) groups is 1. The summed E-state index contributed by atoms with van der Waals surface area (Å²) in [6.45, 7) is 3.82. The van der Waals surface area contributed by atoms with Crippen LogP contribution in [0.5, 0.6) is 0 Å². The lowest BCUT2D eigenvalue weighted by Gasteiger charge is -2.30. The molecule has 1 aromatic heterocycles. The number of nitrogens with zero attached hydrogens (tertiary/aromatic N) is 2. The molecule has 1 saturated carbocycles. The number of amides is 1. The molecular formula is C19H21FN2O. The van der Waals surface area contributed by atoms with Crippen molar-refractivity contribution >= 4 is 5.91 Å². The van der Waals surface area contributed by atoms with Gasteiger partial charge in [-0.15, -0.1) is 0 Å². The highest BCUT2D eigenvalue weighted by Gasteiger charge is 2.36. The summed E-state index contributed by atoms with van der Waals surface area (Å²) in [5, 5.41) is 0. The normalized spacial score (nSPS) is 15.3. The first-order valence-electron chi connectivity index (χ1n) is 8.03. The highest BCUT2D eigenvalue weighted by Crippen LogP contribution is 2.35. The predicted octanol–water partition coefficient (Wildman–Crippen LogP) is 3.82. The van der Waals surface area contributed by atoms with Gasteiger partial charge in [-0.25, -0.2) is 4.39 Å². The van der Waals surface area contributed by atoms with E-state index >= 15 is 0 Å². The third-order valence-corrected chi connectivity index (χ3v) is 4.33. The van der Waals surface area contributed by atoms with Crippen molar-refractivity contribution in [2.24, 2.45) is 0 Å². The first-order chi connectivity index (χ1) is 11.1. The van der Waals surface area contributed by atoms with E-state index in [1.165, 1.54) is 6.07 Å². The van der Waals surface area contributed by atoms with Crippen LogP contribution >= 0.6 is 0 Å². The predicted molar refractivity (Wildman–Crippen MR) is 87.4 cm³/mol. The fourth-order valence-electron chi connectivity index (χ4n) is 2.92. The summed E-state index contributed by atoms with van der Waals surface area (Å²) < 4.78 is 14.1. The Labute approximate surface area is 136 Å². The first-order valence-corrected chi connectivity index (χ1v) is 8.03. The molecule has 0 saturated heterocycles. The summed E-state index contributed by atoms with van der Waals surface area (Å²) in [7, 11) is 0. The Morgan fingerprint density at radius 2 is 2.04 bits per heavy atom. The Kier molecular flexibility index (Phi) is 4.42. The lowest BCUT2D eigenvalue weighted by molar-refractivity contribution is -0.133. The Balaban J connectivity index is 1.79. The highest BCUT2D eigenvalue weighted by molar-refractivity contribution is 5.79. The summed E-state index contributed by atoms with van der Waals surface area (Å²) in [5.74, 6) is -0.218. The number of hydrogen-bond acceptors (Lipinski definition) is 2. The molecule has 1 amide bonds. The van der Waals surface area contributed by atoms with Crippen LogP contribution in [0.15, 0.2) is 42.6 Å². The Morgan fingerprint density at radius 1 is 1.30 bits per heavy atom. The fourth-order valence-corrected chi connectivity index (χ4v) is 2.92. The molecule has 0 bridgehead atoms. The highest BCUT2D eigenvalue weighted by atomic mass is 19.1. The molecule has 1 unspecified atom stereocenters. The van der Waals surface area contributed by atoms with Crippen molar-refractivity contribution in [2.75, 3.05) is 0 Å². The van der Waals surface area contributed by atoms with Gasteiger partial charge in [0.2, 0.25) is 5.91 Å². The van der Waals surface area contributed by atoms with Crippen LogP contribution in [-0.4, -0.2) is 21.8 Å². The van der Waals surface area contributed by atoms with Gasteiger partial charge in [-0.2, -0.15) is 0 Å². The van der Waals surface area contributed by atoms with E-state index in [0.29, 0.717) is 12.0 Å². The van der Waals surface area contributed by atoms with Crippen LogP contribution in [0.1, 0.15) is 42.6 Å². The molecule has 4 heteroatoms. The standard InChI is InChI=1S/C19H21FN2O/c1-13-7-8-15(12-21-13)11-19(23)22(16-9-10-16)14(2)17-5-3-4-6-18(17)20/h3-8,12,14,16H,9-11H2,1-2H3. The SMILES string of the molecule is Cc1ccc(CC(=O)N(C2CC2)C(C)c2ccccc2F)cn1. The minimum absolute atomic E-state index is 0.0360. The van der Waals surface area contributed by atoms with Gasteiger partial charge in [-0.3, -0.25) is 9.78 Å². The van der Waals surface area contributed by atoms with Gasteiger partial charge in [-0.1, -0.05) is 24.3 Å².